The van der Waals surface area contributed by atoms with Crippen molar-refractivity contribution in [3.63, 3.8) is 0 Å². The van der Waals surface area contributed by atoms with E-state index in [9.17, 15) is 14.0 Å². The van der Waals surface area contributed by atoms with Crippen molar-refractivity contribution in [1.29, 1.82) is 0 Å². The molecule has 2 amide bonds. The summed E-state index contributed by atoms with van der Waals surface area (Å²) < 4.78 is 13.1. The summed E-state index contributed by atoms with van der Waals surface area (Å²) in [6.07, 6.45) is 1.25. The van der Waals surface area contributed by atoms with Gasteiger partial charge in [-0.05, 0) is 31.5 Å². The molecule has 1 N–H and O–H groups in total. The number of hydrogen-bond donors (Lipinski definition) is 1. The maximum Gasteiger partial charge on any atom is 0.248 e. The van der Waals surface area contributed by atoms with Crippen LogP contribution in [0.1, 0.15) is 19.8 Å². The van der Waals surface area contributed by atoms with Crippen LogP contribution in [0.5, 0.6) is 0 Å². The summed E-state index contributed by atoms with van der Waals surface area (Å²) in [4.78, 5) is 25.8. The Hall–Kier alpha value is -1.27. The van der Waals surface area contributed by atoms with Crippen molar-refractivity contribution < 1.29 is 14.0 Å². The molecular weight excluding hydrogens is 315 g/mol. The molecule has 0 unspecified atom stereocenters. The standard InChI is InChI=1S/C14H14ClFN2O2S/c1-14-5-4-12(19)18(14)11(7-21-14)13(20)17-8-2-3-10(16)9(15)6-8/h2-3,6,11H,4-5,7H2,1H3,(H,17,20)/t11-,14+/m1/s1. The molecule has 7 heteroatoms. The highest BCUT2D eigenvalue weighted by Gasteiger charge is 2.52. The molecule has 0 aromatic heterocycles. The quantitative estimate of drug-likeness (QED) is 0.908. The highest BCUT2D eigenvalue weighted by molar-refractivity contribution is 8.01. The Balaban J connectivity index is 1.77. The molecule has 0 radical (unpaired) electrons. The topological polar surface area (TPSA) is 49.4 Å². The molecule has 2 aliphatic heterocycles. The van der Waals surface area contributed by atoms with Gasteiger partial charge in [-0.15, -0.1) is 11.8 Å². The van der Waals surface area contributed by atoms with E-state index >= 15 is 0 Å². The molecule has 3 rings (SSSR count). The zero-order valence-corrected chi connectivity index (χ0v) is 12.9. The van der Waals surface area contributed by atoms with E-state index in [2.05, 4.69) is 5.32 Å². The molecule has 0 saturated carbocycles. The number of fused-ring (bicyclic) bond motifs is 1. The first kappa shape index (κ1) is 14.7. The Morgan fingerprint density at radius 3 is 3.05 bits per heavy atom. The molecule has 21 heavy (non-hydrogen) atoms. The second-order valence-corrected chi connectivity index (χ2v) is 7.29. The number of carbonyl (C=O) groups is 2. The van der Waals surface area contributed by atoms with E-state index in [0.29, 0.717) is 17.9 Å². The number of benzene rings is 1. The predicted octanol–water partition coefficient (Wildman–Crippen LogP) is 2.87. The summed E-state index contributed by atoms with van der Waals surface area (Å²) in [5.74, 6) is -0.208. The van der Waals surface area contributed by atoms with E-state index in [1.165, 1.54) is 18.2 Å². The van der Waals surface area contributed by atoms with E-state index in [1.54, 1.807) is 16.7 Å². The molecule has 0 bridgehead atoms. The molecule has 2 atom stereocenters. The fourth-order valence-corrected chi connectivity index (χ4v) is 4.43. The molecular formula is C14H14ClFN2O2S. The van der Waals surface area contributed by atoms with Crippen molar-refractivity contribution in [3.8, 4) is 0 Å². The van der Waals surface area contributed by atoms with Crippen LogP contribution in [0.3, 0.4) is 0 Å². The van der Waals surface area contributed by atoms with Crippen molar-refractivity contribution in [2.45, 2.75) is 30.7 Å². The summed E-state index contributed by atoms with van der Waals surface area (Å²) >= 11 is 7.33. The first-order valence-electron chi connectivity index (χ1n) is 6.63. The van der Waals surface area contributed by atoms with Gasteiger partial charge in [0.2, 0.25) is 11.8 Å². The van der Waals surface area contributed by atoms with E-state index in [1.807, 2.05) is 6.92 Å². The summed E-state index contributed by atoms with van der Waals surface area (Å²) in [5, 5.41) is 2.66. The highest BCUT2D eigenvalue weighted by atomic mass is 35.5. The van der Waals surface area contributed by atoms with Crippen molar-refractivity contribution in [2.24, 2.45) is 0 Å². The summed E-state index contributed by atoms with van der Waals surface area (Å²) in [5.41, 5.74) is 0.427. The van der Waals surface area contributed by atoms with Crippen molar-refractivity contribution >= 4 is 40.9 Å². The Morgan fingerprint density at radius 2 is 2.33 bits per heavy atom. The number of amides is 2. The minimum absolute atomic E-state index is 0.0137. The van der Waals surface area contributed by atoms with Crippen LogP contribution in [0.4, 0.5) is 10.1 Å². The second-order valence-electron chi connectivity index (χ2n) is 5.38. The van der Waals surface area contributed by atoms with Gasteiger partial charge in [-0.3, -0.25) is 9.59 Å². The largest absolute Gasteiger partial charge is 0.324 e. The van der Waals surface area contributed by atoms with Crippen LogP contribution in [-0.2, 0) is 9.59 Å². The predicted molar refractivity (Wildman–Crippen MR) is 80.8 cm³/mol. The van der Waals surface area contributed by atoms with Crippen LogP contribution in [0, 0.1) is 5.82 Å². The summed E-state index contributed by atoms with van der Waals surface area (Å²) in [6.45, 7) is 1.99. The molecule has 0 spiro atoms. The summed E-state index contributed by atoms with van der Waals surface area (Å²) in [7, 11) is 0. The number of rotatable bonds is 2. The van der Waals surface area contributed by atoms with Gasteiger partial charge in [0, 0.05) is 17.9 Å². The van der Waals surface area contributed by atoms with Crippen LogP contribution < -0.4 is 5.32 Å². The van der Waals surface area contributed by atoms with Crippen LogP contribution in [0.2, 0.25) is 5.02 Å². The zero-order chi connectivity index (χ0) is 15.2. The monoisotopic (exact) mass is 328 g/mol. The normalized spacial score (nSPS) is 27.9. The van der Waals surface area contributed by atoms with Crippen molar-refractivity contribution in [1.82, 2.24) is 4.90 Å². The number of halogens is 2. The molecule has 112 valence electrons. The molecule has 1 aromatic rings. The van der Waals surface area contributed by atoms with Gasteiger partial charge in [0.25, 0.3) is 0 Å². The second kappa shape index (κ2) is 5.18. The number of carbonyl (C=O) groups excluding carboxylic acids is 2. The van der Waals surface area contributed by atoms with E-state index in [0.717, 1.165) is 6.42 Å². The van der Waals surface area contributed by atoms with E-state index in [-0.39, 0.29) is 21.7 Å². The minimum atomic E-state index is -0.534. The lowest BCUT2D eigenvalue weighted by atomic mass is 10.2. The highest BCUT2D eigenvalue weighted by Crippen LogP contribution is 2.47. The van der Waals surface area contributed by atoms with Gasteiger partial charge in [0.15, 0.2) is 0 Å². The molecule has 4 nitrogen and oxygen atoms in total. The van der Waals surface area contributed by atoms with Gasteiger partial charge >= 0.3 is 0 Å². The molecule has 2 heterocycles. The van der Waals surface area contributed by atoms with Crippen molar-refractivity contribution in [3.05, 3.63) is 29.0 Å². The fourth-order valence-electron chi connectivity index (χ4n) is 2.81. The zero-order valence-electron chi connectivity index (χ0n) is 11.4. The third-order valence-electron chi connectivity index (χ3n) is 3.93. The average molecular weight is 329 g/mol. The van der Waals surface area contributed by atoms with Gasteiger partial charge in [-0.1, -0.05) is 11.6 Å². The number of nitrogens with one attached hydrogen (secondary N) is 1. The number of anilines is 1. The first-order valence-corrected chi connectivity index (χ1v) is 7.99. The smallest absolute Gasteiger partial charge is 0.248 e. The molecule has 2 saturated heterocycles. The lowest BCUT2D eigenvalue weighted by Crippen LogP contribution is -2.48. The average Bonchev–Trinajstić information content (AvgIpc) is 2.91. The van der Waals surface area contributed by atoms with Crippen molar-refractivity contribution in [2.75, 3.05) is 11.1 Å². The number of thioether (sulfide) groups is 1. The lowest BCUT2D eigenvalue weighted by molar-refractivity contribution is -0.135. The van der Waals surface area contributed by atoms with Crippen LogP contribution >= 0.6 is 23.4 Å². The Labute approximate surface area is 131 Å². The van der Waals surface area contributed by atoms with Gasteiger partial charge in [-0.2, -0.15) is 0 Å². The number of nitrogens with zero attached hydrogens (tertiary/aromatic N) is 1. The third-order valence-corrected chi connectivity index (χ3v) is 5.73. The molecule has 0 aliphatic carbocycles. The van der Waals surface area contributed by atoms with Gasteiger partial charge < -0.3 is 10.2 Å². The van der Waals surface area contributed by atoms with Gasteiger partial charge in [0.05, 0.1) is 9.89 Å². The third kappa shape index (κ3) is 2.51. The minimum Gasteiger partial charge on any atom is -0.324 e. The molecule has 2 fully saturated rings. The SMILES string of the molecule is C[C@]12CCC(=O)N1[C@@H](C(=O)Nc1ccc(F)c(Cl)c1)CS2. The maximum absolute atomic E-state index is 13.1. The van der Waals surface area contributed by atoms with Crippen LogP contribution in [-0.4, -0.2) is 33.4 Å². The Morgan fingerprint density at radius 1 is 1.57 bits per heavy atom. The molecule has 1 aromatic carbocycles. The van der Waals surface area contributed by atoms with E-state index in [4.69, 9.17) is 11.6 Å². The van der Waals surface area contributed by atoms with E-state index < -0.39 is 11.9 Å². The lowest BCUT2D eigenvalue weighted by Gasteiger charge is -2.29. The number of hydrogen-bond acceptors (Lipinski definition) is 3. The summed E-state index contributed by atoms with van der Waals surface area (Å²) in [6, 6.07) is 3.53. The van der Waals surface area contributed by atoms with Crippen LogP contribution in [0.15, 0.2) is 18.2 Å². The van der Waals surface area contributed by atoms with Crippen LogP contribution in [0.25, 0.3) is 0 Å². The Kier molecular flexibility index (Phi) is 3.61. The fraction of sp³-hybridized carbons (Fsp3) is 0.429. The first-order chi connectivity index (χ1) is 9.90. The Bertz CT molecular complexity index is 627. The van der Waals surface area contributed by atoms with Gasteiger partial charge in [-0.25, -0.2) is 4.39 Å². The molecule has 2 aliphatic rings. The van der Waals surface area contributed by atoms with Gasteiger partial charge in [0.1, 0.15) is 11.9 Å². The maximum atomic E-state index is 13.1.